The fourth-order valence-electron chi connectivity index (χ4n) is 4.96. The van der Waals surface area contributed by atoms with E-state index in [-0.39, 0.29) is 31.0 Å². The van der Waals surface area contributed by atoms with Crippen LogP contribution in [0.25, 0.3) is 11.1 Å². The first-order valence-electron chi connectivity index (χ1n) is 11.6. The summed E-state index contributed by atoms with van der Waals surface area (Å²) in [6, 6.07) is 15.9. The van der Waals surface area contributed by atoms with Crippen molar-refractivity contribution >= 4 is 29.3 Å². The van der Waals surface area contributed by atoms with Crippen molar-refractivity contribution in [2.45, 2.75) is 37.8 Å². The van der Waals surface area contributed by atoms with Crippen LogP contribution < -0.4 is 10.6 Å². The van der Waals surface area contributed by atoms with Gasteiger partial charge in [0, 0.05) is 12.0 Å². The molecule has 3 N–H and O–H groups in total. The summed E-state index contributed by atoms with van der Waals surface area (Å²) in [5.74, 6) is -1.80. The molecule has 2 aliphatic carbocycles. The number of carboxylic acid groups (broad SMARTS) is 1. The van der Waals surface area contributed by atoms with E-state index >= 15 is 0 Å². The van der Waals surface area contributed by atoms with Gasteiger partial charge in [-0.25, -0.2) is 9.78 Å². The van der Waals surface area contributed by atoms with E-state index < -0.39 is 18.0 Å². The van der Waals surface area contributed by atoms with Gasteiger partial charge in [0.2, 0.25) is 0 Å². The molecular formula is C26H25N3O5S. The Labute approximate surface area is 206 Å². The van der Waals surface area contributed by atoms with Crippen molar-refractivity contribution in [3.8, 4) is 11.1 Å². The molecule has 0 saturated heterocycles. The Morgan fingerprint density at radius 2 is 1.71 bits per heavy atom. The summed E-state index contributed by atoms with van der Waals surface area (Å²) < 4.78 is 5.53. The standard InChI is InChI=1S/C26H25N3O5S/c30-24(29-21-11-5-10-19(21)25(31)32)22-12-27-23(35-22)13-28-26(33)34-14-20-17-8-3-1-6-15(17)16-7-2-4-9-18(16)20/h1-4,6-9,12,19-21H,5,10-11,13-14H2,(H,28,33)(H,29,30)(H,31,32). The number of aliphatic carboxylic acids is 1. The van der Waals surface area contributed by atoms with Gasteiger partial charge >= 0.3 is 12.1 Å². The maximum Gasteiger partial charge on any atom is 0.407 e. The van der Waals surface area contributed by atoms with Gasteiger partial charge in [-0.05, 0) is 35.1 Å². The van der Waals surface area contributed by atoms with Crippen molar-refractivity contribution in [1.29, 1.82) is 0 Å². The molecular weight excluding hydrogens is 466 g/mol. The fourth-order valence-corrected chi connectivity index (χ4v) is 5.72. The number of fused-ring (bicyclic) bond motifs is 3. The number of hydrogen-bond acceptors (Lipinski definition) is 6. The Morgan fingerprint density at radius 1 is 1.03 bits per heavy atom. The van der Waals surface area contributed by atoms with Gasteiger partial charge in [-0.1, -0.05) is 55.0 Å². The first-order chi connectivity index (χ1) is 17.0. The predicted molar refractivity (Wildman–Crippen MR) is 130 cm³/mol. The monoisotopic (exact) mass is 491 g/mol. The SMILES string of the molecule is O=C(NCc1ncc(C(=O)NC2CCCC2C(=O)O)s1)OCC1c2ccccc2-c2ccccc21. The third-order valence-electron chi connectivity index (χ3n) is 6.65. The average molecular weight is 492 g/mol. The molecule has 8 nitrogen and oxygen atoms in total. The van der Waals surface area contributed by atoms with Crippen LogP contribution >= 0.6 is 11.3 Å². The lowest BCUT2D eigenvalue weighted by molar-refractivity contribution is -0.142. The molecule has 1 aromatic heterocycles. The highest BCUT2D eigenvalue weighted by atomic mass is 32.1. The van der Waals surface area contributed by atoms with Crippen LogP contribution in [0.15, 0.2) is 54.7 Å². The first kappa shape index (κ1) is 23.0. The number of thiazole rings is 1. The highest BCUT2D eigenvalue weighted by molar-refractivity contribution is 7.13. The van der Waals surface area contributed by atoms with Gasteiger partial charge < -0.3 is 20.5 Å². The van der Waals surface area contributed by atoms with Crippen molar-refractivity contribution in [1.82, 2.24) is 15.6 Å². The van der Waals surface area contributed by atoms with E-state index in [9.17, 15) is 19.5 Å². The number of benzene rings is 2. The van der Waals surface area contributed by atoms with Crippen molar-refractivity contribution in [3.05, 3.63) is 75.7 Å². The van der Waals surface area contributed by atoms with Crippen LogP contribution in [0.1, 0.15) is 51.0 Å². The summed E-state index contributed by atoms with van der Waals surface area (Å²) in [5.41, 5.74) is 4.62. The minimum Gasteiger partial charge on any atom is -0.481 e. The summed E-state index contributed by atoms with van der Waals surface area (Å²) >= 11 is 1.16. The fraction of sp³-hybridized carbons (Fsp3) is 0.308. The molecule has 2 aliphatic rings. The first-order valence-corrected chi connectivity index (χ1v) is 12.4. The number of carboxylic acids is 1. The van der Waals surface area contributed by atoms with Gasteiger partial charge in [0.1, 0.15) is 16.5 Å². The Morgan fingerprint density at radius 3 is 2.40 bits per heavy atom. The van der Waals surface area contributed by atoms with E-state index in [4.69, 9.17) is 4.74 Å². The molecule has 2 aromatic carbocycles. The number of nitrogens with zero attached hydrogens (tertiary/aromatic N) is 1. The predicted octanol–water partition coefficient (Wildman–Crippen LogP) is 4.16. The zero-order chi connectivity index (χ0) is 24.4. The van der Waals surface area contributed by atoms with Crippen LogP contribution in [-0.2, 0) is 16.1 Å². The normalized spacial score (nSPS) is 18.5. The van der Waals surface area contributed by atoms with Gasteiger partial charge in [0.25, 0.3) is 5.91 Å². The van der Waals surface area contributed by atoms with Crippen molar-refractivity contribution in [3.63, 3.8) is 0 Å². The number of hydrogen-bond donors (Lipinski definition) is 3. The molecule has 1 saturated carbocycles. The molecule has 2 amide bonds. The molecule has 1 heterocycles. The molecule has 0 aliphatic heterocycles. The van der Waals surface area contributed by atoms with Crippen LogP contribution in [0, 0.1) is 5.92 Å². The molecule has 0 bridgehead atoms. The smallest absolute Gasteiger partial charge is 0.407 e. The topological polar surface area (TPSA) is 118 Å². The summed E-state index contributed by atoms with van der Waals surface area (Å²) in [5, 5.41) is 15.4. The molecule has 9 heteroatoms. The van der Waals surface area contributed by atoms with Crippen molar-refractivity contribution in [2.24, 2.45) is 5.92 Å². The third-order valence-corrected chi connectivity index (χ3v) is 7.65. The summed E-state index contributed by atoms with van der Waals surface area (Å²) in [6.07, 6.45) is 2.89. The Hall–Kier alpha value is -3.72. The van der Waals surface area contributed by atoms with Crippen molar-refractivity contribution < 1.29 is 24.2 Å². The van der Waals surface area contributed by atoms with Crippen molar-refractivity contribution in [2.75, 3.05) is 6.61 Å². The van der Waals surface area contributed by atoms with Gasteiger partial charge in [0.05, 0.1) is 18.7 Å². The molecule has 3 aromatic rings. The maximum absolute atomic E-state index is 12.5. The van der Waals surface area contributed by atoms with Gasteiger partial charge in [-0.15, -0.1) is 11.3 Å². The zero-order valence-corrected chi connectivity index (χ0v) is 19.7. The van der Waals surface area contributed by atoms with Crippen LogP contribution in [0.5, 0.6) is 0 Å². The number of amides is 2. The molecule has 2 atom stereocenters. The molecule has 0 radical (unpaired) electrons. The number of carbonyl (C=O) groups excluding carboxylic acids is 2. The second-order valence-corrected chi connectivity index (χ2v) is 9.87. The van der Waals surface area contributed by atoms with Crippen LogP contribution in [0.2, 0.25) is 0 Å². The summed E-state index contributed by atoms with van der Waals surface area (Å²) in [4.78, 5) is 40.8. The zero-order valence-electron chi connectivity index (χ0n) is 18.9. The molecule has 180 valence electrons. The van der Waals surface area contributed by atoms with E-state index in [2.05, 4.69) is 39.9 Å². The highest BCUT2D eigenvalue weighted by Crippen LogP contribution is 2.44. The number of alkyl carbamates (subject to hydrolysis) is 1. The van der Waals surface area contributed by atoms with Crippen LogP contribution in [0.3, 0.4) is 0 Å². The number of nitrogens with one attached hydrogen (secondary N) is 2. The van der Waals surface area contributed by atoms with E-state index in [0.717, 1.165) is 40.0 Å². The number of ether oxygens (including phenoxy) is 1. The Bertz CT molecular complexity index is 1230. The van der Waals surface area contributed by atoms with E-state index in [1.54, 1.807) is 0 Å². The van der Waals surface area contributed by atoms with Gasteiger partial charge in [-0.3, -0.25) is 9.59 Å². The van der Waals surface area contributed by atoms with E-state index in [1.165, 1.54) is 6.20 Å². The van der Waals surface area contributed by atoms with E-state index in [1.807, 2.05) is 24.3 Å². The summed E-state index contributed by atoms with van der Waals surface area (Å²) in [6.45, 7) is 0.354. The van der Waals surface area contributed by atoms with E-state index in [0.29, 0.717) is 22.7 Å². The highest BCUT2D eigenvalue weighted by Gasteiger charge is 2.34. The second-order valence-electron chi connectivity index (χ2n) is 8.75. The average Bonchev–Trinajstić information content (AvgIpc) is 3.59. The Kier molecular flexibility index (Phi) is 6.50. The third kappa shape index (κ3) is 4.77. The lowest BCUT2D eigenvalue weighted by atomic mass is 9.98. The minimum absolute atomic E-state index is 0.0199. The largest absolute Gasteiger partial charge is 0.481 e. The lowest BCUT2D eigenvalue weighted by Crippen LogP contribution is -2.39. The molecule has 2 unspecified atom stereocenters. The second kappa shape index (κ2) is 9.87. The van der Waals surface area contributed by atoms with Crippen LogP contribution in [0.4, 0.5) is 4.79 Å². The van der Waals surface area contributed by atoms with Gasteiger partial charge in [-0.2, -0.15) is 0 Å². The number of carbonyl (C=O) groups is 3. The molecule has 1 fully saturated rings. The maximum atomic E-state index is 12.5. The molecule has 35 heavy (non-hydrogen) atoms. The lowest BCUT2D eigenvalue weighted by Gasteiger charge is -2.16. The quantitative estimate of drug-likeness (QED) is 0.457. The summed E-state index contributed by atoms with van der Waals surface area (Å²) in [7, 11) is 0. The molecule has 5 rings (SSSR count). The molecule has 0 spiro atoms. The number of rotatable bonds is 7. The van der Waals surface area contributed by atoms with Crippen LogP contribution in [-0.4, -0.2) is 40.7 Å². The minimum atomic E-state index is -0.884. The van der Waals surface area contributed by atoms with Gasteiger partial charge in [0.15, 0.2) is 0 Å². The number of aromatic nitrogens is 1. The Balaban J connectivity index is 1.14.